The quantitative estimate of drug-likeness (QED) is 0.605. The van der Waals surface area contributed by atoms with Crippen LogP contribution in [0.2, 0.25) is 0 Å². The summed E-state index contributed by atoms with van der Waals surface area (Å²) in [5.41, 5.74) is 2.01. The van der Waals surface area contributed by atoms with E-state index >= 15 is 0 Å². The summed E-state index contributed by atoms with van der Waals surface area (Å²) in [7, 11) is 0. The van der Waals surface area contributed by atoms with Crippen molar-refractivity contribution in [1.82, 2.24) is 10.3 Å². The van der Waals surface area contributed by atoms with Gasteiger partial charge >= 0.3 is 0 Å². The molecule has 0 saturated heterocycles. The number of nitrogens with one attached hydrogen (secondary N) is 1. The highest BCUT2D eigenvalue weighted by Gasteiger charge is 2.23. The Morgan fingerprint density at radius 3 is 2.66 bits per heavy atom. The van der Waals surface area contributed by atoms with Crippen molar-refractivity contribution in [3.05, 3.63) is 53.8 Å². The minimum atomic E-state index is -0.904. The zero-order valence-electron chi connectivity index (χ0n) is 16.4. The Hall–Kier alpha value is -3.42. The maximum absolute atomic E-state index is 13.8. The Bertz CT molecular complexity index is 990. The molecule has 1 aromatic heterocycles. The van der Waals surface area contributed by atoms with Crippen LogP contribution < -0.4 is 14.8 Å². The number of hydrogen-bond acceptors (Lipinski definition) is 6. The smallest absolute Gasteiger partial charge is 0.266 e. The molecule has 1 amide bonds. The molecule has 7 nitrogen and oxygen atoms in total. The van der Waals surface area contributed by atoms with Gasteiger partial charge < -0.3 is 14.8 Å². The summed E-state index contributed by atoms with van der Waals surface area (Å²) in [5.74, 6) is -0.0744. The molecule has 0 radical (unpaired) electrons. The molecular weight excluding hydrogens is 377 g/mol. The van der Waals surface area contributed by atoms with E-state index < -0.39 is 17.8 Å². The van der Waals surface area contributed by atoms with Crippen LogP contribution in [0.3, 0.4) is 0 Å². The average molecular weight is 399 g/mol. The van der Waals surface area contributed by atoms with Crippen molar-refractivity contribution >= 4 is 11.7 Å². The van der Waals surface area contributed by atoms with Crippen LogP contribution in [-0.4, -0.2) is 28.9 Å². The van der Waals surface area contributed by atoms with Gasteiger partial charge in [-0.25, -0.2) is 9.02 Å². The van der Waals surface area contributed by atoms with Crippen molar-refractivity contribution in [2.24, 2.45) is 0 Å². The third-order valence-corrected chi connectivity index (χ3v) is 4.25. The number of aryl methyl sites for hydroxylation is 1. The van der Waals surface area contributed by atoms with Crippen LogP contribution in [-0.2, 0) is 4.79 Å². The van der Waals surface area contributed by atoms with Crippen molar-refractivity contribution in [2.75, 3.05) is 11.9 Å². The van der Waals surface area contributed by atoms with Gasteiger partial charge in [-0.05, 0) is 66.5 Å². The first-order chi connectivity index (χ1) is 14.0. The lowest BCUT2D eigenvalue weighted by Crippen LogP contribution is -2.32. The number of rotatable bonds is 8. The highest BCUT2D eigenvalue weighted by Crippen LogP contribution is 2.29. The fourth-order valence-electron chi connectivity index (χ4n) is 2.79. The van der Waals surface area contributed by atoms with Crippen molar-refractivity contribution in [3.63, 3.8) is 0 Å². The highest BCUT2D eigenvalue weighted by molar-refractivity contribution is 5.96. The van der Waals surface area contributed by atoms with E-state index in [1.54, 1.807) is 25.1 Å². The van der Waals surface area contributed by atoms with Gasteiger partial charge in [-0.15, -0.1) is 0 Å². The fraction of sp³-hybridized carbons (Fsp3) is 0.286. The number of aromatic nitrogens is 2. The molecule has 1 heterocycles. The first-order valence-corrected chi connectivity index (χ1v) is 9.31. The standard InChI is InChI=1S/C21H22FN3O4/c1-4-16(28-18-9-7-6-8-15(18)22)21(26)23-20-19(24-29-25-20)14-10-11-17(27-5-2)13(3)12-14/h6-12,16H,4-5H2,1-3H3,(H,23,25,26)/t16-/m1/s1. The molecular formula is C21H22FN3O4. The number of anilines is 1. The number of hydrogen-bond donors (Lipinski definition) is 1. The summed E-state index contributed by atoms with van der Waals surface area (Å²) in [6, 6.07) is 11.4. The normalized spacial score (nSPS) is 11.7. The first-order valence-electron chi connectivity index (χ1n) is 9.31. The number of carbonyl (C=O) groups is 1. The number of ether oxygens (including phenoxy) is 2. The van der Waals surface area contributed by atoms with E-state index in [0.29, 0.717) is 24.3 Å². The number of halogens is 1. The molecule has 0 bridgehead atoms. The predicted octanol–water partition coefficient (Wildman–Crippen LogP) is 4.38. The maximum Gasteiger partial charge on any atom is 0.266 e. The molecule has 0 aliphatic heterocycles. The summed E-state index contributed by atoms with van der Waals surface area (Å²) in [6.45, 7) is 6.15. The van der Waals surface area contributed by atoms with E-state index in [1.165, 1.54) is 12.1 Å². The van der Waals surface area contributed by atoms with Gasteiger partial charge in [0.2, 0.25) is 5.82 Å². The molecule has 0 fully saturated rings. The topological polar surface area (TPSA) is 86.5 Å². The van der Waals surface area contributed by atoms with Gasteiger partial charge in [0, 0.05) is 5.56 Å². The molecule has 2 aromatic carbocycles. The number of benzene rings is 2. The number of para-hydroxylation sites is 1. The third-order valence-electron chi connectivity index (χ3n) is 4.25. The summed E-state index contributed by atoms with van der Waals surface area (Å²) < 4.78 is 29.7. The Morgan fingerprint density at radius 2 is 1.97 bits per heavy atom. The molecule has 152 valence electrons. The number of amides is 1. The number of nitrogens with zero attached hydrogens (tertiary/aromatic N) is 2. The molecule has 1 atom stereocenters. The van der Waals surface area contributed by atoms with Crippen LogP contribution in [0, 0.1) is 12.7 Å². The summed E-state index contributed by atoms with van der Waals surface area (Å²) in [6.07, 6.45) is -0.568. The Labute approximate surface area is 167 Å². The second kappa shape index (κ2) is 9.18. The van der Waals surface area contributed by atoms with Gasteiger partial charge in [0.05, 0.1) is 6.61 Å². The Morgan fingerprint density at radius 1 is 1.17 bits per heavy atom. The largest absolute Gasteiger partial charge is 0.494 e. The van der Waals surface area contributed by atoms with Gasteiger partial charge in [-0.2, -0.15) is 0 Å². The first kappa shape index (κ1) is 20.3. The predicted molar refractivity (Wildman–Crippen MR) is 105 cm³/mol. The van der Waals surface area contributed by atoms with E-state index in [-0.39, 0.29) is 11.6 Å². The molecule has 29 heavy (non-hydrogen) atoms. The van der Waals surface area contributed by atoms with Gasteiger partial charge in [0.15, 0.2) is 23.4 Å². The number of carbonyl (C=O) groups excluding carboxylic acids is 1. The Kier molecular flexibility index (Phi) is 6.43. The van der Waals surface area contributed by atoms with Crippen LogP contribution in [0.5, 0.6) is 11.5 Å². The van der Waals surface area contributed by atoms with E-state index in [9.17, 15) is 9.18 Å². The minimum Gasteiger partial charge on any atom is -0.494 e. The van der Waals surface area contributed by atoms with Gasteiger partial charge in [0.25, 0.3) is 5.91 Å². The summed E-state index contributed by atoms with van der Waals surface area (Å²) in [4.78, 5) is 12.7. The molecule has 0 spiro atoms. The summed E-state index contributed by atoms with van der Waals surface area (Å²) in [5, 5.41) is 10.3. The van der Waals surface area contributed by atoms with Crippen molar-refractivity contribution < 1.29 is 23.3 Å². The second-order valence-corrected chi connectivity index (χ2v) is 6.31. The zero-order valence-corrected chi connectivity index (χ0v) is 16.4. The van der Waals surface area contributed by atoms with Crippen LogP contribution in [0.15, 0.2) is 47.1 Å². The van der Waals surface area contributed by atoms with E-state index in [4.69, 9.17) is 14.1 Å². The molecule has 1 N–H and O–H groups in total. The highest BCUT2D eigenvalue weighted by atomic mass is 19.1. The Balaban J connectivity index is 1.77. The van der Waals surface area contributed by atoms with Crippen molar-refractivity contribution in [3.8, 4) is 22.8 Å². The fourth-order valence-corrected chi connectivity index (χ4v) is 2.79. The third kappa shape index (κ3) is 4.71. The molecule has 3 aromatic rings. The monoisotopic (exact) mass is 399 g/mol. The second-order valence-electron chi connectivity index (χ2n) is 6.31. The lowest BCUT2D eigenvalue weighted by molar-refractivity contribution is -0.122. The molecule has 0 aliphatic rings. The molecule has 3 rings (SSSR count). The van der Waals surface area contributed by atoms with Crippen LogP contribution in [0.1, 0.15) is 25.8 Å². The van der Waals surface area contributed by atoms with Crippen LogP contribution in [0.4, 0.5) is 10.2 Å². The molecule has 0 saturated carbocycles. The zero-order chi connectivity index (χ0) is 20.8. The summed E-state index contributed by atoms with van der Waals surface area (Å²) >= 11 is 0. The van der Waals surface area contributed by atoms with Gasteiger partial charge in [-0.3, -0.25) is 4.79 Å². The molecule has 0 aliphatic carbocycles. The van der Waals surface area contributed by atoms with Crippen LogP contribution in [0.25, 0.3) is 11.3 Å². The van der Waals surface area contributed by atoms with Crippen molar-refractivity contribution in [1.29, 1.82) is 0 Å². The lowest BCUT2D eigenvalue weighted by atomic mass is 10.1. The average Bonchev–Trinajstić information content (AvgIpc) is 3.17. The SMILES string of the molecule is CCOc1ccc(-c2nonc2NC(=O)[C@@H](CC)Oc2ccccc2F)cc1C. The maximum atomic E-state index is 13.8. The van der Waals surface area contributed by atoms with E-state index in [2.05, 4.69) is 15.6 Å². The van der Waals surface area contributed by atoms with Crippen LogP contribution >= 0.6 is 0 Å². The minimum absolute atomic E-state index is 0.00939. The van der Waals surface area contributed by atoms with Crippen molar-refractivity contribution in [2.45, 2.75) is 33.3 Å². The van der Waals surface area contributed by atoms with Gasteiger partial charge in [0.1, 0.15) is 5.75 Å². The lowest BCUT2D eigenvalue weighted by Gasteiger charge is -2.17. The van der Waals surface area contributed by atoms with E-state index in [1.807, 2.05) is 26.0 Å². The van der Waals surface area contributed by atoms with E-state index in [0.717, 1.165) is 11.3 Å². The van der Waals surface area contributed by atoms with Gasteiger partial charge in [-0.1, -0.05) is 19.1 Å². The molecule has 8 heteroatoms. The molecule has 0 unspecified atom stereocenters.